The molecule has 0 aliphatic heterocycles. The Kier molecular flexibility index (Phi) is 2.89. The summed E-state index contributed by atoms with van der Waals surface area (Å²) in [5, 5.41) is 2.21. The van der Waals surface area contributed by atoms with Crippen LogP contribution in [-0.4, -0.2) is 19.9 Å². The van der Waals surface area contributed by atoms with Crippen LogP contribution in [0.1, 0.15) is 18.2 Å². The minimum Gasteiger partial charge on any atom is -0.339 e. The Morgan fingerprint density at radius 3 is 2.82 bits per heavy atom. The summed E-state index contributed by atoms with van der Waals surface area (Å²) in [4.78, 5) is 16.3. The lowest BCUT2D eigenvalue weighted by atomic mass is 10.0. The minimum absolute atomic E-state index is 0.874. The quantitative estimate of drug-likeness (QED) is 0.605. The summed E-state index contributed by atoms with van der Waals surface area (Å²) in [6.07, 6.45) is 6.36. The third-order valence-electron chi connectivity index (χ3n) is 4.14. The predicted molar refractivity (Wildman–Crippen MR) is 88.7 cm³/mol. The van der Waals surface area contributed by atoms with Gasteiger partial charge in [0.15, 0.2) is 0 Å². The van der Waals surface area contributed by atoms with Crippen LogP contribution in [0.3, 0.4) is 0 Å². The van der Waals surface area contributed by atoms with Crippen molar-refractivity contribution in [2.75, 3.05) is 0 Å². The van der Waals surface area contributed by atoms with Crippen molar-refractivity contribution in [3.8, 4) is 11.1 Å². The Bertz CT molecular complexity index is 985. The summed E-state index contributed by atoms with van der Waals surface area (Å²) in [6.45, 7) is 4.20. The number of rotatable bonds is 2. The number of aromatic nitrogens is 4. The molecule has 0 spiro atoms. The van der Waals surface area contributed by atoms with Crippen molar-refractivity contribution < 1.29 is 0 Å². The second kappa shape index (κ2) is 4.91. The van der Waals surface area contributed by atoms with E-state index in [4.69, 9.17) is 0 Å². The number of pyridine rings is 1. The molecule has 0 atom stereocenters. The van der Waals surface area contributed by atoms with E-state index < -0.39 is 0 Å². The molecule has 1 N–H and O–H groups in total. The summed E-state index contributed by atoms with van der Waals surface area (Å²) < 4.78 is 0. The smallest absolute Gasteiger partial charge is 0.141 e. The SMILES string of the molecule is CCc1cnc(C)c(-c2ccc3c(c2)[nH]c2ncncc23)c1. The van der Waals surface area contributed by atoms with E-state index in [1.807, 2.05) is 12.4 Å². The summed E-state index contributed by atoms with van der Waals surface area (Å²) in [5.41, 5.74) is 6.61. The second-order valence-electron chi connectivity index (χ2n) is 5.50. The van der Waals surface area contributed by atoms with Gasteiger partial charge in [0, 0.05) is 39.9 Å². The predicted octanol–water partition coefficient (Wildman–Crippen LogP) is 4.04. The summed E-state index contributed by atoms with van der Waals surface area (Å²) in [6, 6.07) is 8.67. The van der Waals surface area contributed by atoms with Gasteiger partial charge in [-0.1, -0.05) is 19.1 Å². The van der Waals surface area contributed by atoms with Gasteiger partial charge < -0.3 is 4.98 Å². The highest BCUT2D eigenvalue weighted by atomic mass is 14.9. The maximum atomic E-state index is 4.52. The van der Waals surface area contributed by atoms with Gasteiger partial charge >= 0.3 is 0 Å². The fourth-order valence-electron chi connectivity index (χ4n) is 2.87. The van der Waals surface area contributed by atoms with Crippen molar-refractivity contribution >= 4 is 21.9 Å². The number of benzene rings is 1. The Labute approximate surface area is 128 Å². The number of fused-ring (bicyclic) bond motifs is 3. The van der Waals surface area contributed by atoms with Gasteiger partial charge in [-0.25, -0.2) is 9.97 Å². The fourth-order valence-corrected chi connectivity index (χ4v) is 2.87. The molecule has 3 heterocycles. The Morgan fingerprint density at radius 1 is 1.05 bits per heavy atom. The molecule has 0 aliphatic rings. The third-order valence-corrected chi connectivity index (χ3v) is 4.14. The highest BCUT2D eigenvalue weighted by Gasteiger charge is 2.09. The molecule has 1 aromatic carbocycles. The van der Waals surface area contributed by atoms with Crippen LogP contribution < -0.4 is 0 Å². The minimum atomic E-state index is 0.874. The monoisotopic (exact) mass is 288 g/mol. The van der Waals surface area contributed by atoms with E-state index >= 15 is 0 Å². The maximum absolute atomic E-state index is 4.52. The zero-order valence-corrected chi connectivity index (χ0v) is 12.6. The van der Waals surface area contributed by atoms with Gasteiger partial charge in [-0.15, -0.1) is 0 Å². The van der Waals surface area contributed by atoms with Crippen LogP contribution in [0.15, 0.2) is 43.0 Å². The van der Waals surface area contributed by atoms with Gasteiger partial charge in [0.05, 0.1) is 0 Å². The molecule has 4 heteroatoms. The molecule has 0 amide bonds. The molecule has 0 aliphatic carbocycles. The van der Waals surface area contributed by atoms with E-state index in [2.05, 4.69) is 58.0 Å². The van der Waals surface area contributed by atoms with Crippen LogP contribution in [0, 0.1) is 6.92 Å². The molecule has 4 rings (SSSR count). The van der Waals surface area contributed by atoms with E-state index in [1.165, 1.54) is 16.7 Å². The lowest BCUT2D eigenvalue weighted by Crippen LogP contribution is -1.91. The first kappa shape index (κ1) is 13.0. The van der Waals surface area contributed by atoms with Gasteiger partial charge in [0.2, 0.25) is 0 Å². The molecular formula is C18H16N4. The average molecular weight is 288 g/mol. The van der Waals surface area contributed by atoms with Gasteiger partial charge in [0.1, 0.15) is 12.0 Å². The van der Waals surface area contributed by atoms with Crippen molar-refractivity contribution in [2.24, 2.45) is 0 Å². The molecule has 0 saturated heterocycles. The number of nitrogens with zero attached hydrogens (tertiary/aromatic N) is 3. The van der Waals surface area contributed by atoms with Crippen LogP contribution in [0.5, 0.6) is 0 Å². The average Bonchev–Trinajstić information content (AvgIpc) is 2.93. The molecule has 4 nitrogen and oxygen atoms in total. The Hall–Kier alpha value is -2.75. The van der Waals surface area contributed by atoms with Crippen LogP contribution in [0.25, 0.3) is 33.1 Å². The van der Waals surface area contributed by atoms with Crippen LogP contribution in [0.2, 0.25) is 0 Å². The largest absolute Gasteiger partial charge is 0.339 e. The number of H-pyrrole nitrogens is 1. The molecule has 0 saturated carbocycles. The zero-order valence-electron chi connectivity index (χ0n) is 12.6. The van der Waals surface area contributed by atoms with Crippen LogP contribution in [0.4, 0.5) is 0 Å². The van der Waals surface area contributed by atoms with Crippen LogP contribution >= 0.6 is 0 Å². The maximum Gasteiger partial charge on any atom is 0.141 e. The van der Waals surface area contributed by atoms with E-state index in [-0.39, 0.29) is 0 Å². The lowest BCUT2D eigenvalue weighted by molar-refractivity contribution is 1.08. The topological polar surface area (TPSA) is 54.5 Å². The number of nitrogens with one attached hydrogen (secondary N) is 1. The highest BCUT2D eigenvalue weighted by Crippen LogP contribution is 2.30. The standard InChI is InChI=1S/C18H16N4/c1-3-12-6-15(11(2)20-8-12)13-4-5-14-16-9-19-10-21-18(16)22-17(14)7-13/h4-10H,3H2,1-2H3,(H,19,21,22). The molecule has 0 radical (unpaired) electrons. The summed E-state index contributed by atoms with van der Waals surface area (Å²) >= 11 is 0. The van der Waals surface area contributed by atoms with Gasteiger partial charge in [-0.05, 0) is 36.6 Å². The van der Waals surface area contributed by atoms with Crippen molar-refractivity contribution in [1.82, 2.24) is 19.9 Å². The van der Waals surface area contributed by atoms with Gasteiger partial charge in [-0.2, -0.15) is 0 Å². The number of hydrogen-bond acceptors (Lipinski definition) is 3. The molecule has 108 valence electrons. The van der Waals surface area contributed by atoms with Crippen molar-refractivity contribution in [3.63, 3.8) is 0 Å². The lowest BCUT2D eigenvalue weighted by Gasteiger charge is -2.07. The highest BCUT2D eigenvalue weighted by molar-refractivity contribution is 6.06. The third kappa shape index (κ3) is 1.96. The molecule has 0 fully saturated rings. The van der Waals surface area contributed by atoms with Crippen molar-refractivity contribution in [2.45, 2.75) is 20.3 Å². The normalized spacial score (nSPS) is 11.4. The van der Waals surface area contributed by atoms with Gasteiger partial charge in [-0.3, -0.25) is 4.98 Å². The molecule has 3 aromatic heterocycles. The van der Waals surface area contributed by atoms with E-state index in [9.17, 15) is 0 Å². The van der Waals surface area contributed by atoms with Gasteiger partial charge in [0.25, 0.3) is 0 Å². The first-order valence-electron chi connectivity index (χ1n) is 7.43. The number of hydrogen-bond donors (Lipinski definition) is 1. The first-order valence-corrected chi connectivity index (χ1v) is 7.43. The molecule has 4 aromatic rings. The van der Waals surface area contributed by atoms with E-state index in [0.29, 0.717) is 0 Å². The Balaban J connectivity index is 1.94. The first-order chi connectivity index (χ1) is 10.8. The number of aromatic amines is 1. The summed E-state index contributed by atoms with van der Waals surface area (Å²) in [7, 11) is 0. The zero-order chi connectivity index (χ0) is 15.1. The molecule has 0 unspecified atom stereocenters. The second-order valence-corrected chi connectivity index (χ2v) is 5.50. The summed E-state index contributed by atoms with van der Waals surface area (Å²) in [5.74, 6) is 0. The van der Waals surface area contributed by atoms with E-state index in [0.717, 1.165) is 34.1 Å². The number of aryl methyl sites for hydroxylation is 2. The fraction of sp³-hybridized carbons (Fsp3) is 0.167. The van der Waals surface area contributed by atoms with Crippen molar-refractivity contribution in [3.05, 3.63) is 54.2 Å². The van der Waals surface area contributed by atoms with E-state index in [1.54, 1.807) is 6.33 Å². The molecule has 22 heavy (non-hydrogen) atoms. The molecule has 0 bridgehead atoms. The van der Waals surface area contributed by atoms with Crippen LogP contribution in [-0.2, 0) is 6.42 Å². The van der Waals surface area contributed by atoms with Crippen molar-refractivity contribution in [1.29, 1.82) is 0 Å². The molecular weight excluding hydrogens is 272 g/mol. The Morgan fingerprint density at radius 2 is 1.95 bits per heavy atom.